The van der Waals surface area contributed by atoms with Crippen LogP contribution in [0.25, 0.3) is 11.1 Å². The zero-order chi connectivity index (χ0) is 15.8. The van der Waals surface area contributed by atoms with Crippen LogP contribution in [0, 0.1) is 6.92 Å². The van der Waals surface area contributed by atoms with Crippen molar-refractivity contribution >= 4 is 11.6 Å². The highest BCUT2D eigenvalue weighted by Gasteiger charge is 2.17. The minimum atomic E-state index is 0.150. The largest absolute Gasteiger partial charge is 0.0843 e. The van der Waals surface area contributed by atoms with E-state index in [9.17, 15) is 0 Å². The molecule has 112 valence electrons. The van der Waals surface area contributed by atoms with Crippen molar-refractivity contribution in [3.63, 3.8) is 0 Å². The first-order chi connectivity index (χ1) is 9.68. The summed E-state index contributed by atoms with van der Waals surface area (Å²) < 4.78 is 0. The van der Waals surface area contributed by atoms with Crippen LogP contribution in [0.15, 0.2) is 36.4 Å². The number of halogens is 1. The second kappa shape index (κ2) is 5.85. The molecular weight excluding hydrogens is 276 g/mol. The second-order valence-corrected chi connectivity index (χ2v) is 7.66. The van der Waals surface area contributed by atoms with Crippen LogP contribution in [0.1, 0.15) is 57.2 Å². The predicted octanol–water partition coefficient (Wildman–Crippen LogP) is 6.74. The van der Waals surface area contributed by atoms with E-state index in [0.717, 1.165) is 5.02 Å². The quantitative estimate of drug-likeness (QED) is 0.576. The topological polar surface area (TPSA) is 0 Å². The molecule has 0 N–H and O–H groups in total. The molecule has 2 rings (SSSR count). The first kappa shape index (κ1) is 16.1. The molecule has 0 unspecified atom stereocenters. The molecule has 21 heavy (non-hydrogen) atoms. The van der Waals surface area contributed by atoms with E-state index >= 15 is 0 Å². The Kier molecular flexibility index (Phi) is 4.49. The minimum absolute atomic E-state index is 0.150. The highest BCUT2D eigenvalue weighted by atomic mass is 35.5. The van der Waals surface area contributed by atoms with Crippen molar-refractivity contribution in [3.05, 3.63) is 58.1 Å². The fourth-order valence-electron chi connectivity index (χ4n) is 2.65. The van der Waals surface area contributed by atoms with Gasteiger partial charge < -0.3 is 0 Å². The van der Waals surface area contributed by atoms with Crippen LogP contribution in [0.2, 0.25) is 5.02 Å². The number of aryl methyl sites for hydroxylation is 1. The van der Waals surface area contributed by atoms with E-state index in [2.05, 4.69) is 71.9 Å². The number of benzene rings is 2. The van der Waals surface area contributed by atoms with Crippen LogP contribution < -0.4 is 0 Å². The van der Waals surface area contributed by atoms with Gasteiger partial charge >= 0.3 is 0 Å². The number of hydrogen-bond acceptors (Lipinski definition) is 0. The van der Waals surface area contributed by atoms with Crippen molar-refractivity contribution in [3.8, 4) is 11.1 Å². The lowest BCUT2D eigenvalue weighted by molar-refractivity contribution is 0.590. The van der Waals surface area contributed by atoms with Gasteiger partial charge in [0.2, 0.25) is 0 Å². The van der Waals surface area contributed by atoms with Crippen molar-refractivity contribution in [2.24, 2.45) is 0 Å². The normalized spacial score (nSPS) is 12.0. The zero-order valence-electron chi connectivity index (χ0n) is 13.9. The smallest absolute Gasteiger partial charge is 0.0412 e. The molecule has 2 aromatic rings. The summed E-state index contributed by atoms with van der Waals surface area (Å²) in [6.07, 6.45) is 0. The Labute approximate surface area is 134 Å². The fourth-order valence-corrected chi connectivity index (χ4v) is 2.83. The molecule has 0 heterocycles. The fraction of sp³-hybridized carbons (Fsp3) is 0.400. The molecule has 0 radical (unpaired) electrons. The van der Waals surface area contributed by atoms with Crippen LogP contribution in [0.5, 0.6) is 0 Å². The molecule has 0 saturated heterocycles. The predicted molar refractivity (Wildman–Crippen MR) is 94.4 cm³/mol. The van der Waals surface area contributed by atoms with Gasteiger partial charge in [-0.05, 0) is 52.6 Å². The van der Waals surface area contributed by atoms with Crippen LogP contribution in [0.3, 0.4) is 0 Å². The molecule has 0 fully saturated rings. The Morgan fingerprint density at radius 3 is 2.19 bits per heavy atom. The van der Waals surface area contributed by atoms with Crippen LogP contribution in [-0.4, -0.2) is 0 Å². The van der Waals surface area contributed by atoms with Crippen LogP contribution in [-0.2, 0) is 5.41 Å². The molecule has 2 aromatic carbocycles. The molecule has 0 aromatic heterocycles. The highest BCUT2D eigenvalue weighted by Crippen LogP contribution is 2.35. The maximum atomic E-state index is 6.24. The van der Waals surface area contributed by atoms with E-state index in [0.29, 0.717) is 5.92 Å². The number of rotatable bonds is 2. The molecule has 0 aliphatic rings. The summed E-state index contributed by atoms with van der Waals surface area (Å²) in [5.41, 5.74) is 6.69. The molecule has 0 aliphatic carbocycles. The summed E-state index contributed by atoms with van der Waals surface area (Å²) in [5, 5.41) is 0.799. The Bertz CT molecular complexity index is 645. The molecular formula is C20H25Cl. The van der Waals surface area contributed by atoms with E-state index in [-0.39, 0.29) is 5.41 Å². The van der Waals surface area contributed by atoms with Crippen molar-refractivity contribution in [1.82, 2.24) is 0 Å². The van der Waals surface area contributed by atoms with Gasteiger partial charge in [-0.15, -0.1) is 0 Å². The van der Waals surface area contributed by atoms with Gasteiger partial charge in [-0.2, -0.15) is 0 Å². The minimum Gasteiger partial charge on any atom is -0.0843 e. The van der Waals surface area contributed by atoms with E-state index in [1.807, 2.05) is 6.07 Å². The molecule has 0 spiro atoms. The average molecular weight is 301 g/mol. The standard InChI is InChI=1S/C20H25Cl/c1-13(2)18-8-7-17(21)12-19(18)15-9-14(3)10-16(11-15)20(4,5)6/h7-13H,1-6H3. The van der Waals surface area contributed by atoms with Crippen molar-refractivity contribution in [2.45, 2.75) is 52.9 Å². The van der Waals surface area contributed by atoms with Crippen LogP contribution in [0.4, 0.5) is 0 Å². The molecule has 1 heteroatoms. The zero-order valence-corrected chi connectivity index (χ0v) is 14.7. The van der Waals surface area contributed by atoms with Gasteiger partial charge in [-0.25, -0.2) is 0 Å². The van der Waals surface area contributed by atoms with Crippen molar-refractivity contribution < 1.29 is 0 Å². The Balaban J connectivity index is 2.67. The SMILES string of the molecule is Cc1cc(-c2cc(Cl)ccc2C(C)C)cc(C(C)(C)C)c1. The van der Waals surface area contributed by atoms with Gasteiger partial charge in [-0.1, -0.05) is 76.0 Å². The van der Waals surface area contributed by atoms with E-state index < -0.39 is 0 Å². The summed E-state index contributed by atoms with van der Waals surface area (Å²) in [4.78, 5) is 0. The third kappa shape index (κ3) is 3.68. The van der Waals surface area contributed by atoms with E-state index in [1.54, 1.807) is 0 Å². The Hall–Kier alpha value is -1.27. The lowest BCUT2D eigenvalue weighted by Gasteiger charge is -2.22. The van der Waals surface area contributed by atoms with Gasteiger partial charge in [-0.3, -0.25) is 0 Å². The average Bonchev–Trinajstić information content (AvgIpc) is 2.36. The molecule has 0 bridgehead atoms. The van der Waals surface area contributed by atoms with Gasteiger partial charge in [0.1, 0.15) is 0 Å². The monoisotopic (exact) mass is 300 g/mol. The van der Waals surface area contributed by atoms with Crippen molar-refractivity contribution in [1.29, 1.82) is 0 Å². The summed E-state index contributed by atoms with van der Waals surface area (Å²) in [7, 11) is 0. The van der Waals surface area contributed by atoms with E-state index in [4.69, 9.17) is 11.6 Å². The lowest BCUT2D eigenvalue weighted by Crippen LogP contribution is -2.11. The maximum Gasteiger partial charge on any atom is 0.0412 e. The molecule has 0 nitrogen and oxygen atoms in total. The summed E-state index contributed by atoms with van der Waals surface area (Å²) in [6, 6.07) is 13.1. The third-order valence-corrected chi connectivity index (χ3v) is 4.13. The molecule has 0 amide bonds. The van der Waals surface area contributed by atoms with Crippen LogP contribution >= 0.6 is 11.6 Å². The summed E-state index contributed by atoms with van der Waals surface area (Å²) in [5.74, 6) is 0.482. The third-order valence-electron chi connectivity index (χ3n) is 3.89. The highest BCUT2D eigenvalue weighted by molar-refractivity contribution is 6.30. The molecule has 0 saturated carbocycles. The number of hydrogen-bond donors (Lipinski definition) is 0. The second-order valence-electron chi connectivity index (χ2n) is 7.22. The first-order valence-corrected chi connectivity index (χ1v) is 7.98. The van der Waals surface area contributed by atoms with Crippen molar-refractivity contribution in [2.75, 3.05) is 0 Å². The van der Waals surface area contributed by atoms with Gasteiger partial charge in [0, 0.05) is 5.02 Å². The van der Waals surface area contributed by atoms with E-state index in [1.165, 1.54) is 27.8 Å². The first-order valence-electron chi connectivity index (χ1n) is 7.60. The maximum absolute atomic E-state index is 6.24. The van der Waals surface area contributed by atoms with Gasteiger partial charge in [0.15, 0.2) is 0 Å². The molecule has 0 atom stereocenters. The molecule has 0 aliphatic heterocycles. The van der Waals surface area contributed by atoms with Gasteiger partial charge in [0.25, 0.3) is 0 Å². The lowest BCUT2D eigenvalue weighted by atomic mass is 9.83. The summed E-state index contributed by atoms with van der Waals surface area (Å²) in [6.45, 7) is 13.4. The Morgan fingerprint density at radius 1 is 0.952 bits per heavy atom. The van der Waals surface area contributed by atoms with Gasteiger partial charge in [0.05, 0.1) is 0 Å². The Morgan fingerprint density at radius 2 is 1.62 bits per heavy atom. The summed E-state index contributed by atoms with van der Waals surface area (Å²) >= 11 is 6.24.